The van der Waals surface area contributed by atoms with Crippen molar-refractivity contribution in [1.82, 2.24) is 0 Å². The highest BCUT2D eigenvalue weighted by Gasteiger charge is 2.34. The Balaban J connectivity index is 0.00000336. The van der Waals surface area contributed by atoms with Crippen molar-refractivity contribution >= 4 is 0 Å². The molecule has 4 nitrogen and oxygen atoms in total. The molecule has 2 N–H and O–H groups in total. The van der Waals surface area contributed by atoms with Gasteiger partial charge < -0.3 is 32.1 Å². The van der Waals surface area contributed by atoms with Crippen LogP contribution in [0, 0.1) is 0 Å². The van der Waals surface area contributed by atoms with E-state index < -0.39 is 0 Å². The second kappa shape index (κ2) is 13.5. The lowest BCUT2D eigenvalue weighted by molar-refractivity contribution is -0.958. The van der Waals surface area contributed by atoms with Crippen LogP contribution in [0.4, 0.5) is 0 Å². The molecule has 0 saturated carbocycles. The van der Waals surface area contributed by atoms with Crippen LogP contribution in [-0.2, 0) is 26.3 Å². The molecule has 0 aliphatic carbocycles. The van der Waals surface area contributed by atoms with Gasteiger partial charge in [-0.3, -0.25) is 0 Å². The molecule has 1 aliphatic heterocycles. The second-order valence-electron chi connectivity index (χ2n) is 10.3. The van der Waals surface area contributed by atoms with Gasteiger partial charge in [0, 0.05) is 11.1 Å². The largest absolute Gasteiger partial charge is 1.00 e. The number of quaternary nitrogens is 1. The van der Waals surface area contributed by atoms with Gasteiger partial charge in [-0.05, 0) is 72.5 Å². The highest BCUT2D eigenvalue weighted by atomic mass is 35.5. The number of likely N-dealkylation sites (tertiary alicyclic amines) is 1. The molecule has 1 saturated heterocycles. The van der Waals surface area contributed by atoms with Crippen LogP contribution >= 0.6 is 0 Å². The maximum absolute atomic E-state index is 6.50. The number of halogens is 1. The van der Waals surface area contributed by atoms with E-state index in [4.69, 9.17) is 15.2 Å². The molecule has 0 bridgehead atoms. The van der Waals surface area contributed by atoms with E-state index in [0.717, 1.165) is 55.0 Å². The molecule has 0 spiro atoms. The average Bonchev–Trinajstić information content (AvgIpc) is 2.93. The van der Waals surface area contributed by atoms with Crippen molar-refractivity contribution in [3.05, 3.63) is 131 Å². The monoisotopic (exact) mass is 528 g/mol. The molecule has 0 radical (unpaired) electrons. The lowest BCUT2D eigenvalue weighted by Gasteiger charge is -2.44. The van der Waals surface area contributed by atoms with Crippen LogP contribution in [0.3, 0.4) is 0 Å². The summed E-state index contributed by atoms with van der Waals surface area (Å²) in [5.74, 6) is 1.81. The predicted molar refractivity (Wildman–Crippen MR) is 149 cm³/mol. The summed E-state index contributed by atoms with van der Waals surface area (Å²) in [7, 11) is 0. The van der Waals surface area contributed by atoms with E-state index >= 15 is 0 Å². The third-order valence-electron chi connectivity index (χ3n) is 7.21. The minimum absolute atomic E-state index is 0. The number of nitrogens with zero attached hydrogens (tertiary/aromatic N) is 1. The van der Waals surface area contributed by atoms with Crippen LogP contribution in [0.1, 0.15) is 35.1 Å². The molecule has 1 unspecified atom stereocenters. The number of ether oxygens (including phenoxy) is 2. The summed E-state index contributed by atoms with van der Waals surface area (Å²) in [6, 6.07) is 38.0. The van der Waals surface area contributed by atoms with Gasteiger partial charge in [-0.1, -0.05) is 60.7 Å². The number of benzene rings is 4. The van der Waals surface area contributed by atoms with Gasteiger partial charge in [0.2, 0.25) is 0 Å². The number of hydrogen-bond donors (Lipinski definition) is 1. The molecule has 5 heteroatoms. The summed E-state index contributed by atoms with van der Waals surface area (Å²) in [5, 5.41) is 0. The smallest absolute Gasteiger partial charge is 0.119 e. The van der Waals surface area contributed by atoms with E-state index in [1.54, 1.807) is 0 Å². The number of piperidine rings is 1. The standard InChI is InChI=1S/C33H37N2O2.ClH/c34-31-12-7-21-35(24-31,22-27-13-17-32(18-14-27)36-25-29-8-3-1-4-9-29)23-28-15-19-33(20-16-28)37-26-30-10-5-2-6-11-30;/h1-6,8-11,13-20,31H,7,12,21-26,34H2;1H/q+1;/p-1. The van der Waals surface area contributed by atoms with Crippen molar-refractivity contribution in [1.29, 1.82) is 0 Å². The second-order valence-corrected chi connectivity index (χ2v) is 10.3. The molecule has 1 aliphatic rings. The minimum Gasteiger partial charge on any atom is -1.00 e. The Bertz CT molecular complexity index is 1140. The Morgan fingerprint density at radius 3 is 1.47 bits per heavy atom. The van der Waals surface area contributed by atoms with Gasteiger partial charge in [-0.2, -0.15) is 0 Å². The lowest BCUT2D eigenvalue weighted by Crippen LogP contribution is -3.00. The highest BCUT2D eigenvalue weighted by molar-refractivity contribution is 5.29. The van der Waals surface area contributed by atoms with Crippen molar-refractivity contribution in [2.45, 2.75) is 45.2 Å². The van der Waals surface area contributed by atoms with Crippen molar-refractivity contribution in [3.8, 4) is 11.5 Å². The van der Waals surface area contributed by atoms with Crippen molar-refractivity contribution < 1.29 is 26.4 Å². The van der Waals surface area contributed by atoms with Crippen LogP contribution in [-0.4, -0.2) is 23.6 Å². The summed E-state index contributed by atoms with van der Waals surface area (Å²) in [5.41, 5.74) is 11.5. The summed E-state index contributed by atoms with van der Waals surface area (Å²) in [4.78, 5) is 0. The fourth-order valence-electron chi connectivity index (χ4n) is 5.35. The van der Waals surface area contributed by atoms with Gasteiger partial charge >= 0.3 is 0 Å². The zero-order valence-electron chi connectivity index (χ0n) is 21.8. The molecule has 4 aromatic carbocycles. The molecular weight excluding hydrogens is 492 g/mol. The number of hydrogen-bond acceptors (Lipinski definition) is 3. The van der Waals surface area contributed by atoms with Crippen LogP contribution < -0.4 is 27.6 Å². The van der Waals surface area contributed by atoms with Crippen molar-refractivity contribution in [3.63, 3.8) is 0 Å². The first-order valence-electron chi connectivity index (χ1n) is 13.3. The third kappa shape index (κ3) is 7.84. The Morgan fingerprint density at radius 1 is 0.605 bits per heavy atom. The SMILES string of the molecule is NC1CCC[N+](Cc2ccc(OCc3ccccc3)cc2)(Cc2ccc(OCc3ccccc3)cc2)C1.[Cl-]. The normalized spacial score (nSPS) is 16.3. The Kier molecular flexibility index (Phi) is 9.83. The van der Waals surface area contributed by atoms with E-state index in [1.165, 1.54) is 22.3 Å². The molecule has 1 fully saturated rings. The number of rotatable bonds is 10. The van der Waals surface area contributed by atoms with Gasteiger partial charge in [0.25, 0.3) is 0 Å². The van der Waals surface area contributed by atoms with Crippen LogP contribution in [0.15, 0.2) is 109 Å². The fourth-order valence-corrected chi connectivity index (χ4v) is 5.35. The zero-order valence-corrected chi connectivity index (χ0v) is 22.6. The van der Waals surface area contributed by atoms with Gasteiger partial charge in [-0.15, -0.1) is 0 Å². The first kappa shape index (κ1) is 27.7. The Hall–Kier alpha value is -3.31. The molecular formula is C33H37ClN2O2. The van der Waals surface area contributed by atoms with Gasteiger partial charge in [0.1, 0.15) is 37.8 Å². The third-order valence-corrected chi connectivity index (χ3v) is 7.21. The molecule has 198 valence electrons. The van der Waals surface area contributed by atoms with Gasteiger partial charge in [0.15, 0.2) is 0 Å². The summed E-state index contributed by atoms with van der Waals surface area (Å²) in [6.45, 7) is 5.25. The van der Waals surface area contributed by atoms with Crippen LogP contribution in [0.5, 0.6) is 11.5 Å². The molecule has 38 heavy (non-hydrogen) atoms. The lowest BCUT2D eigenvalue weighted by atomic mass is 10.00. The first-order chi connectivity index (χ1) is 18.2. The summed E-state index contributed by atoms with van der Waals surface area (Å²) < 4.78 is 13.0. The van der Waals surface area contributed by atoms with Crippen molar-refractivity contribution in [2.75, 3.05) is 13.1 Å². The number of nitrogens with two attached hydrogens (primary N) is 1. The molecule has 0 amide bonds. The van der Waals surface area contributed by atoms with E-state index in [-0.39, 0.29) is 18.4 Å². The van der Waals surface area contributed by atoms with Crippen LogP contribution in [0.25, 0.3) is 0 Å². The average molecular weight is 529 g/mol. The quantitative estimate of drug-likeness (QED) is 0.320. The minimum atomic E-state index is 0. The molecule has 5 rings (SSSR count). The molecule has 1 heterocycles. The van der Waals surface area contributed by atoms with Gasteiger partial charge in [-0.25, -0.2) is 0 Å². The van der Waals surface area contributed by atoms with Crippen LogP contribution in [0.2, 0.25) is 0 Å². The summed E-state index contributed by atoms with van der Waals surface area (Å²) in [6.07, 6.45) is 2.27. The zero-order chi connectivity index (χ0) is 25.3. The first-order valence-corrected chi connectivity index (χ1v) is 13.3. The maximum Gasteiger partial charge on any atom is 0.119 e. The maximum atomic E-state index is 6.50. The van der Waals surface area contributed by atoms with Crippen molar-refractivity contribution in [2.24, 2.45) is 5.73 Å². The molecule has 4 aromatic rings. The van der Waals surface area contributed by atoms with E-state index in [1.807, 2.05) is 36.4 Å². The van der Waals surface area contributed by atoms with E-state index in [2.05, 4.69) is 72.8 Å². The topological polar surface area (TPSA) is 44.5 Å². The van der Waals surface area contributed by atoms with E-state index in [9.17, 15) is 0 Å². The Morgan fingerprint density at radius 2 is 1.05 bits per heavy atom. The molecule has 0 aromatic heterocycles. The molecule has 1 atom stereocenters. The predicted octanol–water partition coefficient (Wildman–Crippen LogP) is 3.49. The van der Waals surface area contributed by atoms with E-state index in [0.29, 0.717) is 13.2 Å². The summed E-state index contributed by atoms with van der Waals surface area (Å²) >= 11 is 0. The van der Waals surface area contributed by atoms with Gasteiger partial charge in [0.05, 0.1) is 19.1 Å². The highest BCUT2D eigenvalue weighted by Crippen LogP contribution is 2.28. The fraction of sp³-hybridized carbons (Fsp3) is 0.273. The Labute approximate surface area is 233 Å².